The van der Waals surface area contributed by atoms with Crippen molar-refractivity contribution in [1.29, 1.82) is 0 Å². The Morgan fingerprint density at radius 2 is 2.00 bits per heavy atom. The number of hydrogen-bond donors (Lipinski definition) is 2. The number of nitrogens with one attached hydrogen (secondary N) is 1. The third-order valence-electron chi connectivity index (χ3n) is 3.29. The van der Waals surface area contributed by atoms with Gasteiger partial charge in [-0.1, -0.05) is 24.4 Å². The summed E-state index contributed by atoms with van der Waals surface area (Å²) in [6.45, 7) is 0. The van der Waals surface area contributed by atoms with Gasteiger partial charge in [-0.05, 0) is 12.1 Å². The number of hydrogen-bond acceptors (Lipinski definition) is 3. The SMILES string of the molecule is O=C(O)c1cnn(-c2cccc3c(=S)[nH]ccc23)c1C(F)(F)F. The van der Waals surface area contributed by atoms with E-state index in [2.05, 4.69) is 10.1 Å². The van der Waals surface area contributed by atoms with Crippen LogP contribution >= 0.6 is 12.2 Å². The van der Waals surface area contributed by atoms with Crippen LogP contribution in [0, 0.1) is 4.64 Å². The number of rotatable bonds is 2. The molecule has 23 heavy (non-hydrogen) atoms. The van der Waals surface area contributed by atoms with E-state index in [1.165, 1.54) is 18.3 Å². The average molecular weight is 339 g/mol. The highest BCUT2D eigenvalue weighted by Crippen LogP contribution is 2.35. The van der Waals surface area contributed by atoms with E-state index in [4.69, 9.17) is 17.3 Å². The second kappa shape index (κ2) is 5.20. The molecule has 1 aromatic carbocycles. The summed E-state index contributed by atoms with van der Waals surface area (Å²) in [4.78, 5) is 13.8. The van der Waals surface area contributed by atoms with Crippen molar-refractivity contribution in [3.8, 4) is 5.69 Å². The van der Waals surface area contributed by atoms with Crippen LogP contribution in [0.15, 0.2) is 36.7 Å². The zero-order chi connectivity index (χ0) is 16.8. The van der Waals surface area contributed by atoms with Crippen LogP contribution in [0.3, 0.4) is 0 Å². The Morgan fingerprint density at radius 3 is 2.65 bits per heavy atom. The fraction of sp³-hybridized carbons (Fsp3) is 0.0714. The van der Waals surface area contributed by atoms with Gasteiger partial charge in [0, 0.05) is 17.0 Å². The summed E-state index contributed by atoms with van der Waals surface area (Å²) in [6, 6.07) is 6.17. The summed E-state index contributed by atoms with van der Waals surface area (Å²) in [7, 11) is 0. The Balaban J connectivity index is 2.39. The van der Waals surface area contributed by atoms with Gasteiger partial charge in [0.25, 0.3) is 0 Å². The number of carbonyl (C=O) groups is 1. The molecular weight excluding hydrogens is 331 g/mol. The number of fused-ring (bicyclic) bond motifs is 1. The number of halogens is 3. The van der Waals surface area contributed by atoms with Gasteiger partial charge >= 0.3 is 12.1 Å². The molecule has 5 nitrogen and oxygen atoms in total. The number of nitrogens with zero attached hydrogens (tertiary/aromatic N) is 2. The first-order valence-electron chi connectivity index (χ1n) is 6.30. The molecule has 0 spiro atoms. The zero-order valence-electron chi connectivity index (χ0n) is 11.3. The summed E-state index contributed by atoms with van der Waals surface area (Å²) in [5.74, 6) is -1.69. The Bertz CT molecular complexity index is 975. The molecule has 3 aromatic rings. The molecule has 0 saturated heterocycles. The topological polar surface area (TPSA) is 70.9 Å². The highest BCUT2D eigenvalue weighted by Gasteiger charge is 2.40. The van der Waals surface area contributed by atoms with Crippen molar-refractivity contribution < 1.29 is 23.1 Å². The Labute approximate surface area is 132 Å². The van der Waals surface area contributed by atoms with Gasteiger partial charge < -0.3 is 10.1 Å². The first-order valence-corrected chi connectivity index (χ1v) is 6.71. The molecule has 0 aliphatic rings. The minimum absolute atomic E-state index is 0.0995. The fourth-order valence-electron chi connectivity index (χ4n) is 2.35. The van der Waals surface area contributed by atoms with Crippen molar-refractivity contribution in [2.75, 3.05) is 0 Å². The molecule has 2 aromatic heterocycles. The van der Waals surface area contributed by atoms with E-state index in [0.717, 1.165) is 0 Å². The number of aromatic amines is 1. The number of pyridine rings is 1. The van der Waals surface area contributed by atoms with Gasteiger partial charge in [-0.15, -0.1) is 0 Å². The van der Waals surface area contributed by atoms with Crippen LogP contribution in [0.2, 0.25) is 0 Å². The van der Waals surface area contributed by atoms with Crippen molar-refractivity contribution in [1.82, 2.24) is 14.8 Å². The van der Waals surface area contributed by atoms with Crippen molar-refractivity contribution in [3.63, 3.8) is 0 Å². The summed E-state index contributed by atoms with van der Waals surface area (Å²) in [5, 5.41) is 13.6. The van der Waals surface area contributed by atoms with E-state index in [-0.39, 0.29) is 5.69 Å². The van der Waals surface area contributed by atoms with Crippen molar-refractivity contribution in [2.24, 2.45) is 0 Å². The number of carboxylic acid groups (broad SMARTS) is 1. The molecular formula is C14H8F3N3O2S. The number of H-pyrrole nitrogens is 1. The molecule has 118 valence electrons. The summed E-state index contributed by atoms with van der Waals surface area (Å²) < 4.78 is 40.9. The largest absolute Gasteiger partial charge is 0.478 e. The molecule has 0 atom stereocenters. The molecule has 0 amide bonds. The maximum atomic E-state index is 13.3. The lowest BCUT2D eigenvalue weighted by Gasteiger charge is -2.13. The predicted octanol–water partition coefficient (Wildman–Crippen LogP) is 3.80. The standard InChI is InChI=1S/C14H8F3N3O2S/c15-14(16,17)11-9(13(21)22)6-19-20(11)10-3-1-2-8-7(10)4-5-18-12(8)23/h1-6H,(H,18,23)(H,21,22). The molecule has 0 fully saturated rings. The van der Waals surface area contributed by atoms with Crippen molar-refractivity contribution in [3.05, 3.63) is 52.6 Å². The number of alkyl halides is 3. The lowest BCUT2D eigenvalue weighted by Crippen LogP contribution is -2.17. The molecule has 3 rings (SSSR count). The molecule has 0 bridgehead atoms. The lowest BCUT2D eigenvalue weighted by molar-refractivity contribution is -0.143. The van der Waals surface area contributed by atoms with Crippen molar-refractivity contribution >= 4 is 29.0 Å². The van der Waals surface area contributed by atoms with Gasteiger partial charge in [0.05, 0.1) is 11.9 Å². The number of benzene rings is 1. The summed E-state index contributed by atoms with van der Waals surface area (Å²) in [5.41, 5.74) is -2.14. The Kier molecular flexibility index (Phi) is 3.44. The molecule has 0 aliphatic carbocycles. The van der Waals surface area contributed by atoms with E-state index in [1.54, 1.807) is 12.1 Å². The first-order chi connectivity index (χ1) is 10.8. The highest BCUT2D eigenvalue weighted by molar-refractivity contribution is 7.71. The van der Waals surface area contributed by atoms with Crippen LogP contribution in [0.5, 0.6) is 0 Å². The Morgan fingerprint density at radius 1 is 1.26 bits per heavy atom. The van der Waals surface area contributed by atoms with E-state index < -0.39 is 23.4 Å². The van der Waals surface area contributed by atoms with Gasteiger partial charge in [-0.3, -0.25) is 0 Å². The van der Waals surface area contributed by atoms with Gasteiger partial charge in [-0.25, -0.2) is 9.48 Å². The van der Waals surface area contributed by atoms with Crippen LogP contribution in [0.25, 0.3) is 16.5 Å². The van der Waals surface area contributed by atoms with E-state index in [1.807, 2.05) is 0 Å². The monoisotopic (exact) mass is 339 g/mol. The van der Waals surface area contributed by atoms with E-state index >= 15 is 0 Å². The summed E-state index contributed by atoms with van der Waals surface area (Å²) >= 11 is 5.11. The number of aromatic nitrogens is 3. The zero-order valence-corrected chi connectivity index (χ0v) is 12.1. The molecule has 0 aliphatic heterocycles. The second-order valence-corrected chi connectivity index (χ2v) is 5.07. The lowest BCUT2D eigenvalue weighted by atomic mass is 10.1. The highest BCUT2D eigenvalue weighted by atomic mass is 32.1. The minimum atomic E-state index is -4.87. The predicted molar refractivity (Wildman–Crippen MR) is 78.2 cm³/mol. The number of aromatic carboxylic acids is 1. The maximum Gasteiger partial charge on any atom is 0.434 e. The molecule has 9 heteroatoms. The fourth-order valence-corrected chi connectivity index (χ4v) is 2.60. The van der Waals surface area contributed by atoms with Crippen LogP contribution in [-0.4, -0.2) is 25.8 Å². The van der Waals surface area contributed by atoms with Gasteiger partial charge in [0.15, 0.2) is 5.69 Å². The van der Waals surface area contributed by atoms with Crippen LogP contribution < -0.4 is 0 Å². The smallest absolute Gasteiger partial charge is 0.434 e. The molecule has 0 unspecified atom stereocenters. The van der Waals surface area contributed by atoms with Crippen molar-refractivity contribution in [2.45, 2.75) is 6.18 Å². The maximum absolute atomic E-state index is 13.3. The van der Waals surface area contributed by atoms with E-state index in [9.17, 15) is 18.0 Å². The Hall–Kier alpha value is -2.68. The molecule has 0 radical (unpaired) electrons. The average Bonchev–Trinajstić information content (AvgIpc) is 2.92. The van der Waals surface area contributed by atoms with Crippen LogP contribution in [-0.2, 0) is 6.18 Å². The molecule has 2 N–H and O–H groups in total. The van der Waals surface area contributed by atoms with Crippen LogP contribution in [0.4, 0.5) is 13.2 Å². The summed E-state index contributed by atoms with van der Waals surface area (Å²) in [6.07, 6.45) is -2.68. The second-order valence-electron chi connectivity index (χ2n) is 4.67. The minimum Gasteiger partial charge on any atom is -0.478 e. The van der Waals surface area contributed by atoms with Gasteiger partial charge in [0.2, 0.25) is 0 Å². The third kappa shape index (κ3) is 2.48. The molecule has 0 saturated carbocycles. The quantitative estimate of drug-likeness (QED) is 0.697. The van der Waals surface area contributed by atoms with Crippen LogP contribution in [0.1, 0.15) is 16.1 Å². The normalized spacial score (nSPS) is 11.8. The molecule has 2 heterocycles. The first kappa shape index (κ1) is 15.2. The van der Waals surface area contributed by atoms with Gasteiger partial charge in [0.1, 0.15) is 10.2 Å². The number of carboxylic acids is 1. The third-order valence-corrected chi connectivity index (χ3v) is 3.63. The van der Waals surface area contributed by atoms with Gasteiger partial charge in [-0.2, -0.15) is 18.3 Å². The van der Waals surface area contributed by atoms with E-state index in [0.29, 0.717) is 26.3 Å².